The van der Waals surface area contributed by atoms with Gasteiger partial charge in [-0.2, -0.15) is 0 Å². The summed E-state index contributed by atoms with van der Waals surface area (Å²) < 4.78 is 18.5. The third-order valence-corrected chi connectivity index (χ3v) is 6.01. The first-order valence-corrected chi connectivity index (χ1v) is 14.5. The van der Waals surface area contributed by atoms with Crippen LogP contribution in [-0.4, -0.2) is 35.4 Å². The molecule has 0 N–H and O–H groups in total. The summed E-state index contributed by atoms with van der Waals surface area (Å²) in [6, 6.07) is 0. The fourth-order valence-electron chi connectivity index (χ4n) is 3.24. The zero-order chi connectivity index (χ0) is 15.1. The van der Waals surface area contributed by atoms with Gasteiger partial charge in [0.2, 0.25) is 0 Å². The minimum atomic E-state index is -1.53. The highest BCUT2D eigenvalue weighted by Gasteiger charge is 2.50. The van der Waals surface area contributed by atoms with Gasteiger partial charge >= 0.3 is 0 Å². The van der Waals surface area contributed by atoms with E-state index in [4.69, 9.17) is 13.6 Å². The van der Waals surface area contributed by atoms with E-state index in [1.807, 2.05) is 0 Å². The number of allylic oxidation sites excluding steroid dienone is 1. The van der Waals surface area contributed by atoms with Gasteiger partial charge in [-0.05, 0) is 39.3 Å². The van der Waals surface area contributed by atoms with Crippen LogP contribution in [0.2, 0.25) is 39.3 Å². The number of ether oxygens (including phenoxy) is 1. The van der Waals surface area contributed by atoms with E-state index in [1.54, 1.807) is 0 Å². The Morgan fingerprint density at radius 2 is 1.80 bits per heavy atom. The van der Waals surface area contributed by atoms with Crippen molar-refractivity contribution < 1.29 is 13.6 Å². The summed E-state index contributed by atoms with van der Waals surface area (Å²) in [5.41, 5.74) is 0. The Hall–Kier alpha value is -0.106. The van der Waals surface area contributed by atoms with Gasteiger partial charge in [0.1, 0.15) is 6.10 Å². The second-order valence-electron chi connectivity index (χ2n) is 8.15. The number of rotatable bonds is 5. The van der Waals surface area contributed by atoms with Gasteiger partial charge < -0.3 is 13.6 Å². The molecule has 1 aliphatic carbocycles. The maximum absolute atomic E-state index is 6.41. The minimum absolute atomic E-state index is 0.305. The van der Waals surface area contributed by atoms with Crippen LogP contribution in [-0.2, 0) is 13.6 Å². The van der Waals surface area contributed by atoms with E-state index >= 15 is 0 Å². The Morgan fingerprint density at radius 1 is 1.15 bits per heavy atom. The molecular formula is C15H30O3Si2. The van der Waals surface area contributed by atoms with Crippen molar-refractivity contribution in [1.82, 2.24) is 0 Å². The van der Waals surface area contributed by atoms with Crippen molar-refractivity contribution in [2.24, 2.45) is 11.8 Å². The lowest BCUT2D eigenvalue weighted by Crippen LogP contribution is -2.39. The Balaban J connectivity index is 2.05. The monoisotopic (exact) mass is 314 g/mol. The predicted molar refractivity (Wildman–Crippen MR) is 87.7 cm³/mol. The Labute approximate surface area is 125 Å². The van der Waals surface area contributed by atoms with E-state index in [-0.39, 0.29) is 0 Å². The topological polar surface area (TPSA) is 27.7 Å². The van der Waals surface area contributed by atoms with Crippen LogP contribution >= 0.6 is 0 Å². The molecule has 2 fully saturated rings. The maximum atomic E-state index is 6.41. The smallest absolute Gasteiger partial charge is 0.184 e. The van der Waals surface area contributed by atoms with Crippen LogP contribution in [0.5, 0.6) is 0 Å². The molecule has 0 aromatic heterocycles. The third-order valence-electron chi connectivity index (χ3n) is 3.96. The molecule has 0 spiro atoms. The van der Waals surface area contributed by atoms with Crippen LogP contribution in [0.3, 0.4) is 0 Å². The van der Waals surface area contributed by atoms with E-state index < -0.39 is 16.6 Å². The lowest BCUT2D eigenvalue weighted by Gasteiger charge is -2.31. The zero-order valence-electron chi connectivity index (χ0n) is 13.9. The first-order valence-electron chi connectivity index (χ1n) is 7.71. The fraction of sp³-hybridized carbons (Fsp3) is 0.867. The van der Waals surface area contributed by atoms with E-state index in [1.165, 1.54) is 0 Å². The standard InChI is InChI=1S/C15H30O3Si2/c1-11-8-12-13(10-16-19(2,3)4)15(9-14(12)17-11)18-20(5,6)7/h12-15H,1,8-10H2,2-7H3/t12-,13-,14+,15-/m1/s1. The fourth-order valence-corrected chi connectivity index (χ4v) is 5.11. The molecule has 0 unspecified atom stereocenters. The van der Waals surface area contributed by atoms with Crippen molar-refractivity contribution in [3.63, 3.8) is 0 Å². The molecule has 0 radical (unpaired) electrons. The van der Waals surface area contributed by atoms with Gasteiger partial charge in [0.25, 0.3) is 0 Å². The summed E-state index contributed by atoms with van der Waals surface area (Å²) in [6.07, 6.45) is 2.60. The maximum Gasteiger partial charge on any atom is 0.184 e. The average Bonchev–Trinajstić information content (AvgIpc) is 2.67. The predicted octanol–water partition coefficient (Wildman–Crippen LogP) is 4.00. The van der Waals surface area contributed by atoms with Crippen molar-refractivity contribution >= 4 is 16.6 Å². The van der Waals surface area contributed by atoms with Crippen LogP contribution in [0, 0.1) is 11.8 Å². The molecule has 1 saturated carbocycles. The molecule has 5 heteroatoms. The Bertz CT molecular complexity index is 370. The van der Waals surface area contributed by atoms with Gasteiger partial charge in [0, 0.05) is 31.3 Å². The molecule has 0 bridgehead atoms. The van der Waals surface area contributed by atoms with E-state index in [9.17, 15) is 0 Å². The molecule has 2 rings (SSSR count). The summed E-state index contributed by atoms with van der Waals surface area (Å²) in [6.45, 7) is 18.3. The summed E-state index contributed by atoms with van der Waals surface area (Å²) in [4.78, 5) is 0. The summed E-state index contributed by atoms with van der Waals surface area (Å²) in [5.74, 6) is 1.96. The summed E-state index contributed by atoms with van der Waals surface area (Å²) in [5, 5.41) is 0. The molecule has 116 valence electrons. The first-order chi connectivity index (χ1) is 9.05. The van der Waals surface area contributed by atoms with Crippen LogP contribution < -0.4 is 0 Å². The molecule has 1 heterocycles. The molecule has 0 aromatic carbocycles. The number of hydrogen-bond acceptors (Lipinski definition) is 3. The molecule has 3 nitrogen and oxygen atoms in total. The number of hydrogen-bond donors (Lipinski definition) is 0. The van der Waals surface area contributed by atoms with E-state index in [0.29, 0.717) is 24.0 Å². The van der Waals surface area contributed by atoms with E-state index in [2.05, 4.69) is 45.9 Å². The van der Waals surface area contributed by atoms with Gasteiger partial charge in [-0.15, -0.1) is 0 Å². The minimum Gasteiger partial charge on any atom is -0.495 e. The molecule has 1 aliphatic heterocycles. The molecule has 0 amide bonds. The normalized spacial score (nSPS) is 34.2. The van der Waals surface area contributed by atoms with Gasteiger partial charge in [-0.3, -0.25) is 0 Å². The van der Waals surface area contributed by atoms with Gasteiger partial charge in [0.05, 0.1) is 11.9 Å². The van der Waals surface area contributed by atoms with Crippen LogP contribution in [0.25, 0.3) is 0 Å². The second kappa shape index (κ2) is 5.59. The zero-order valence-corrected chi connectivity index (χ0v) is 15.9. The third kappa shape index (κ3) is 4.19. The SMILES string of the molecule is C=C1C[C@@H]2[C@@H](CO[Si](C)(C)C)[C@H](O[Si](C)(C)C)C[C@@H]2O1. The van der Waals surface area contributed by atoms with Crippen LogP contribution in [0.1, 0.15) is 12.8 Å². The van der Waals surface area contributed by atoms with Crippen LogP contribution in [0.15, 0.2) is 12.3 Å². The van der Waals surface area contributed by atoms with Crippen molar-refractivity contribution in [3.8, 4) is 0 Å². The van der Waals surface area contributed by atoms with Gasteiger partial charge in [-0.1, -0.05) is 6.58 Å². The highest BCUT2D eigenvalue weighted by atomic mass is 28.4. The molecule has 20 heavy (non-hydrogen) atoms. The molecule has 0 aromatic rings. The largest absolute Gasteiger partial charge is 0.495 e. The molecule has 2 aliphatic rings. The van der Waals surface area contributed by atoms with Gasteiger partial charge in [-0.25, -0.2) is 0 Å². The molecule has 4 atom stereocenters. The van der Waals surface area contributed by atoms with Crippen LogP contribution in [0.4, 0.5) is 0 Å². The highest BCUT2D eigenvalue weighted by Crippen LogP contribution is 2.46. The van der Waals surface area contributed by atoms with Crippen molar-refractivity contribution in [2.45, 2.75) is 64.3 Å². The molecule has 1 saturated heterocycles. The Morgan fingerprint density at radius 3 is 2.35 bits per heavy atom. The average molecular weight is 315 g/mol. The summed E-state index contributed by atoms with van der Waals surface area (Å²) in [7, 11) is -3.01. The van der Waals surface area contributed by atoms with Crippen molar-refractivity contribution in [1.29, 1.82) is 0 Å². The number of fused-ring (bicyclic) bond motifs is 1. The lowest BCUT2D eigenvalue weighted by molar-refractivity contribution is 0.0906. The lowest BCUT2D eigenvalue weighted by atomic mass is 9.93. The quantitative estimate of drug-likeness (QED) is 0.718. The second-order valence-corrected chi connectivity index (χ2v) is 17.1. The highest BCUT2D eigenvalue weighted by molar-refractivity contribution is 6.70. The first kappa shape index (κ1) is 16.3. The van der Waals surface area contributed by atoms with E-state index in [0.717, 1.165) is 25.2 Å². The summed E-state index contributed by atoms with van der Waals surface area (Å²) >= 11 is 0. The van der Waals surface area contributed by atoms with Crippen molar-refractivity contribution in [3.05, 3.63) is 12.3 Å². The van der Waals surface area contributed by atoms with Crippen molar-refractivity contribution in [2.75, 3.05) is 6.61 Å². The molecular weight excluding hydrogens is 284 g/mol. The van der Waals surface area contributed by atoms with Gasteiger partial charge in [0.15, 0.2) is 16.6 Å². The Kier molecular flexibility index (Phi) is 4.55.